The van der Waals surface area contributed by atoms with Gasteiger partial charge in [0, 0.05) is 17.2 Å². The van der Waals surface area contributed by atoms with E-state index in [-0.39, 0.29) is 0 Å². The highest BCUT2D eigenvalue weighted by molar-refractivity contribution is 6.32. The lowest BCUT2D eigenvalue weighted by Crippen LogP contribution is -1.95. The second-order valence-electron chi connectivity index (χ2n) is 3.76. The highest BCUT2D eigenvalue weighted by atomic mass is 35.5. The van der Waals surface area contributed by atoms with E-state index in [2.05, 4.69) is 10.2 Å². The average Bonchev–Trinajstić information content (AvgIpc) is 2.38. The Hall–Kier alpha value is -1.81. The summed E-state index contributed by atoms with van der Waals surface area (Å²) in [4.78, 5) is 0. The summed E-state index contributed by atoms with van der Waals surface area (Å²) >= 11 is 6.11. The Morgan fingerprint density at radius 1 is 1.17 bits per heavy atom. The zero-order chi connectivity index (χ0) is 13.1. The van der Waals surface area contributed by atoms with Crippen LogP contribution in [-0.2, 0) is 0 Å². The van der Waals surface area contributed by atoms with E-state index in [9.17, 15) is 0 Å². The van der Waals surface area contributed by atoms with Gasteiger partial charge in [-0.2, -0.15) is 5.10 Å². The fourth-order valence-corrected chi connectivity index (χ4v) is 2.07. The van der Waals surface area contributed by atoms with Gasteiger partial charge in [-0.15, -0.1) is 5.10 Å². The summed E-state index contributed by atoms with van der Waals surface area (Å²) in [5.41, 5.74) is 2.64. The van der Waals surface area contributed by atoms with E-state index in [0.29, 0.717) is 10.9 Å². The molecule has 0 atom stereocenters. The molecule has 0 unspecified atom stereocenters. The molecule has 0 N–H and O–H groups in total. The molecule has 0 aliphatic carbocycles. The van der Waals surface area contributed by atoms with Crippen LogP contribution in [0.5, 0.6) is 11.5 Å². The van der Waals surface area contributed by atoms with Crippen molar-refractivity contribution >= 4 is 11.6 Å². The largest absolute Gasteiger partial charge is 0.497 e. The topological polar surface area (TPSA) is 44.2 Å². The summed E-state index contributed by atoms with van der Waals surface area (Å²) < 4.78 is 10.5. The monoisotopic (exact) mass is 264 g/mol. The van der Waals surface area contributed by atoms with Crippen molar-refractivity contribution in [2.45, 2.75) is 6.92 Å². The van der Waals surface area contributed by atoms with Gasteiger partial charge in [-0.25, -0.2) is 0 Å². The van der Waals surface area contributed by atoms with Crippen LogP contribution in [0.2, 0.25) is 5.15 Å². The first-order valence-electron chi connectivity index (χ1n) is 5.37. The molecule has 0 radical (unpaired) electrons. The second-order valence-corrected chi connectivity index (χ2v) is 4.12. The van der Waals surface area contributed by atoms with Crippen LogP contribution in [0.15, 0.2) is 24.4 Å². The third kappa shape index (κ3) is 2.24. The molecular weight excluding hydrogens is 252 g/mol. The van der Waals surface area contributed by atoms with Crippen LogP contribution in [0, 0.1) is 6.92 Å². The van der Waals surface area contributed by atoms with Gasteiger partial charge < -0.3 is 9.47 Å². The highest BCUT2D eigenvalue weighted by Crippen LogP contribution is 2.37. The number of rotatable bonds is 3. The first kappa shape index (κ1) is 12.6. The van der Waals surface area contributed by atoms with Crippen molar-refractivity contribution < 1.29 is 9.47 Å². The molecule has 5 heteroatoms. The number of hydrogen-bond donors (Lipinski definition) is 0. The lowest BCUT2D eigenvalue weighted by atomic mass is 10.0. The van der Waals surface area contributed by atoms with Crippen LogP contribution in [0.25, 0.3) is 11.1 Å². The molecule has 0 spiro atoms. The highest BCUT2D eigenvalue weighted by Gasteiger charge is 2.14. The minimum absolute atomic E-state index is 0.360. The van der Waals surface area contributed by atoms with E-state index in [1.54, 1.807) is 20.4 Å². The number of methoxy groups -OCH3 is 2. The summed E-state index contributed by atoms with van der Waals surface area (Å²) in [6.45, 7) is 1.93. The lowest BCUT2D eigenvalue weighted by molar-refractivity contribution is 0.395. The van der Waals surface area contributed by atoms with Gasteiger partial charge in [-0.3, -0.25) is 0 Å². The van der Waals surface area contributed by atoms with Crippen LogP contribution in [-0.4, -0.2) is 24.4 Å². The average molecular weight is 265 g/mol. The molecule has 0 aliphatic rings. The van der Waals surface area contributed by atoms with Crippen LogP contribution in [0.1, 0.15) is 5.56 Å². The van der Waals surface area contributed by atoms with Crippen molar-refractivity contribution in [3.63, 3.8) is 0 Å². The number of nitrogens with zero attached hydrogens (tertiary/aromatic N) is 2. The Kier molecular flexibility index (Phi) is 3.67. The Morgan fingerprint density at radius 2 is 1.94 bits per heavy atom. The first-order chi connectivity index (χ1) is 8.67. The molecule has 1 aromatic carbocycles. The van der Waals surface area contributed by atoms with Crippen molar-refractivity contribution in [3.05, 3.63) is 35.1 Å². The van der Waals surface area contributed by atoms with Crippen LogP contribution >= 0.6 is 11.6 Å². The quantitative estimate of drug-likeness (QED) is 0.854. The molecule has 4 nitrogen and oxygen atoms in total. The molecule has 94 valence electrons. The Labute approximate surface area is 111 Å². The molecule has 0 amide bonds. The van der Waals surface area contributed by atoms with Gasteiger partial charge in [0.1, 0.15) is 11.5 Å². The van der Waals surface area contributed by atoms with Crippen LogP contribution < -0.4 is 9.47 Å². The molecule has 0 saturated carbocycles. The van der Waals surface area contributed by atoms with Crippen LogP contribution in [0.3, 0.4) is 0 Å². The summed E-state index contributed by atoms with van der Waals surface area (Å²) in [7, 11) is 3.22. The number of aromatic nitrogens is 2. The molecule has 1 heterocycles. The smallest absolute Gasteiger partial charge is 0.159 e. The number of aryl methyl sites for hydroxylation is 1. The minimum atomic E-state index is 0.360. The molecule has 2 rings (SSSR count). The molecule has 0 fully saturated rings. The number of hydrogen-bond acceptors (Lipinski definition) is 4. The summed E-state index contributed by atoms with van der Waals surface area (Å²) in [5, 5.41) is 8.03. The van der Waals surface area contributed by atoms with E-state index in [4.69, 9.17) is 21.1 Å². The van der Waals surface area contributed by atoms with E-state index >= 15 is 0 Å². The standard InChI is InChI=1S/C13H13ClN2O2/c1-8-7-15-16-13(14)12(8)10-5-4-9(17-2)6-11(10)18-3/h4-7H,1-3H3. The predicted molar refractivity (Wildman–Crippen MR) is 70.3 cm³/mol. The van der Waals surface area contributed by atoms with Crippen molar-refractivity contribution in [1.29, 1.82) is 0 Å². The maximum atomic E-state index is 6.11. The lowest BCUT2D eigenvalue weighted by Gasteiger charge is -2.12. The normalized spacial score (nSPS) is 10.2. The van der Waals surface area contributed by atoms with Gasteiger partial charge in [0.15, 0.2) is 5.15 Å². The fourth-order valence-electron chi connectivity index (χ4n) is 1.77. The van der Waals surface area contributed by atoms with Crippen molar-refractivity contribution in [3.8, 4) is 22.6 Å². The van der Waals surface area contributed by atoms with Crippen LogP contribution in [0.4, 0.5) is 0 Å². The minimum Gasteiger partial charge on any atom is -0.497 e. The van der Waals surface area contributed by atoms with Crippen molar-refractivity contribution in [2.24, 2.45) is 0 Å². The van der Waals surface area contributed by atoms with Gasteiger partial charge in [0.05, 0.1) is 20.4 Å². The van der Waals surface area contributed by atoms with Crippen molar-refractivity contribution in [2.75, 3.05) is 14.2 Å². The summed E-state index contributed by atoms with van der Waals surface area (Å²) in [6, 6.07) is 5.56. The van der Waals surface area contributed by atoms with E-state index < -0.39 is 0 Å². The third-order valence-electron chi connectivity index (χ3n) is 2.68. The molecule has 18 heavy (non-hydrogen) atoms. The predicted octanol–water partition coefficient (Wildman–Crippen LogP) is 3.12. The molecule has 0 aliphatic heterocycles. The SMILES string of the molecule is COc1ccc(-c2c(C)cnnc2Cl)c(OC)c1. The molecule has 0 saturated heterocycles. The van der Waals surface area contributed by atoms with E-state index in [1.807, 2.05) is 25.1 Å². The molecular formula is C13H13ClN2O2. The zero-order valence-electron chi connectivity index (χ0n) is 10.4. The first-order valence-corrected chi connectivity index (χ1v) is 5.75. The van der Waals surface area contributed by atoms with Crippen molar-refractivity contribution in [1.82, 2.24) is 10.2 Å². The molecule has 0 bridgehead atoms. The molecule has 2 aromatic rings. The number of ether oxygens (including phenoxy) is 2. The second kappa shape index (κ2) is 5.23. The third-order valence-corrected chi connectivity index (χ3v) is 2.94. The number of halogens is 1. The Balaban J connectivity index is 2.63. The zero-order valence-corrected chi connectivity index (χ0v) is 11.2. The van der Waals surface area contributed by atoms with Gasteiger partial charge in [-0.05, 0) is 24.6 Å². The van der Waals surface area contributed by atoms with Gasteiger partial charge >= 0.3 is 0 Å². The van der Waals surface area contributed by atoms with Gasteiger partial charge in [-0.1, -0.05) is 11.6 Å². The number of benzene rings is 1. The van der Waals surface area contributed by atoms with Gasteiger partial charge in [0.2, 0.25) is 0 Å². The van der Waals surface area contributed by atoms with E-state index in [1.165, 1.54) is 0 Å². The summed E-state index contributed by atoms with van der Waals surface area (Å²) in [6.07, 6.45) is 1.67. The Morgan fingerprint density at radius 3 is 2.56 bits per heavy atom. The fraction of sp³-hybridized carbons (Fsp3) is 0.231. The van der Waals surface area contributed by atoms with Gasteiger partial charge in [0.25, 0.3) is 0 Å². The summed E-state index contributed by atoms with van der Waals surface area (Å²) in [5.74, 6) is 1.42. The maximum absolute atomic E-state index is 6.11. The van der Waals surface area contributed by atoms with E-state index in [0.717, 1.165) is 22.4 Å². The maximum Gasteiger partial charge on any atom is 0.159 e. The molecule has 1 aromatic heterocycles. The Bertz CT molecular complexity index is 553.